The van der Waals surface area contributed by atoms with Crippen molar-refractivity contribution in [3.05, 3.63) is 76.6 Å². The first kappa shape index (κ1) is 22.9. The molecule has 0 saturated heterocycles. The van der Waals surface area contributed by atoms with Gasteiger partial charge in [0.25, 0.3) is 0 Å². The number of nitrogens with zero attached hydrogens (tertiary/aromatic N) is 3. The van der Waals surface area contributed by atoms with Crippen LogP contribution in [0, 0.1) is 19.8 Å². The second-order valence-corrected chi connectivity index (χ2v) is 9.05. The summed E-state index contributed by atoms with van der Waals surface area (Å²) < 4.78 is 6.07. The molecule has 1 N–H and O–H groups in total. The van der Waals surface area contributed by atoms with Crippen LogP contribution in [0.5, 0.6) is 5.75 Å². The summed E-state index contributed by atoms with van der Waals surface area (Å²) in [5, 5.41) is 8.99. The maximum atomic E-state index is 10.9. The van der Waals surface area contributed by atoms with E-state index in [9.17, 15) is 4.79 Å². The number of carbonyl (C=O) groups is 1. The molecule has 6 nitrogen and oxygen atoms in total. The number of benzene rings is 2. The van der Waals surface area contributed by atoms with Crippen molar-refractivity contribution in [3.63, 3.8) is 0 Å². The van der Waals surface area contributed by atoms with Gasteiger partial charge in [-0.15, -0.1) is 0 Å². The minimum Gasteiger partial charge on any atom is -0.489 e. The highest BCUT2D eigenvalue weighted by molar-refractivity contribution is 5.67. The number of aliphatic carboxylic acids is 1. The highest BCUT2D eigenvalue weighted by atomic mass is 16.5. The molecule has 4 rings (SSSR count). The fourth-order valence-electron chi connectivity index (χ4n) is 4.35. The Bertz CT molecular complexity index is 1150. The minimum atomic E-state index is -0.741. The lowest BCUT2D eigenvalue weighted by atomic mass is 10.0. The monoisotopic (exact) mass is 445 g/mol. The first-order valence-electron chi connectivity index (χ1n) is 11.5. The fraction of sp³-hybridized carbons (Fsp3) is 0.370. The number of ether oxygens (including phenoxy) is 1. The topological polar surface area (TPSA) is 75.6 Å². The Balaban J connectivity index is 1.42. The largest absolute Gasteiger partial charge is 0.489 e. The van der Waals surface area contributed by atoms with E-state index in [0.717, 1.165) is 60.0 Å². The van der Waals surface area contributed by atoms with E-state index in [-0.39, 0.29) is 12.3 Å². The van der Waals surface area contributed by atoms with Crippen LogP contribution in [0.25, 0.3) is 11.4 Å². The summed E-state index contributed by atoms with van der Waals surface area (Å²) in [5.74, 6) is 0.981. The molecular weight excluding hydrogens is 414 g/mol. The van der Waals surface area contributed by atoms with Gasteiger partial charge in [-0.1, -0.05) is 31.2 Å². The summed E-state index contributed by atoms with van der Waals surface area (Å²) in [7, 11) is 0. The van der Waals surface area contributed by atoms with Crippen molar-refractivity contribution in [2.45, 2.75) is 46.8 Å². The number of hydrogen-bond donors (Lipinski definition) is 1. The van der Waals surface area contributed by atoms with Crippen LogP contribution in [0.2, 0.25) is 0 Å². The highest BCUT2D eigenvalue weighted by Gasteiger charge is 2.21. The molecule has 1 aromatic heterocycles. The highest BCUT2D eigenvalue weighted by Crippen LogP contribution is 2.27. The van der Waals surface area contributed by atoms with E-state index in [2.05, 4.69) is 35.0 Å². The number of aromatic nitrogens is 2. The van der Waals surface area contributed by atoms with Gasteiger partial charge in [0.2, 0.25) is 0 Å². The Kier molecular flexibility index (Phi) is 7.04. The molecule has 2 aromatic carbocycles. The first-order valence-corrected chi connectivity index (χ1v) is 11.5. The quantitative estimate of drug-likeness (QED) is 0.536. The fourth-order valence-corrected chi connectivity index (χ4v) is 4.35. The second kappa shape index (κ2) is 10.1. The third kappa shape index (κ3) is 5.76. The smallest absolute Gasteiger partial charge is 0.303 e. The second-order valence-electron chi connectivity index (χ2n) is 9.05. The average Bonchev–Trinajstić information content (AvgIpc) is 2.78. The molecule has 0 bridgehead atoms. The van der Waals surface area contributed by atoms with Gasteiger partial charge in [0.05, 0.1) is 5.69 Å². The van der Waals surface area contributed by atoms with Crippen molar-refractivity contribution in [2.75, 3.05) is 13.1 Å². The van der Waals surface area contributed by atoms with Gasteiger partial charge in [0.1, 0.15) is 12.4 Å². The Labute approximate surface area is 195 Å². The van der Waals surface area contributed by atoms with E-state index >= 15 is 0 Å². The summed E-state index contributed by atoms with van der Waals surface area (Å²) >= 11 is 0. The number of fused-ring (bicyclic) bond motifs is 1. The molecule has 1 aliphatic rings. The summed E-state index contributed by atoms with van der Waals surface area (Å²) in [6, 6.07) is 14.4. The average molecular weight is 446 g/mol. The van der Waals surface area contributed by atoms with E-state index < -0.39 is 5.97 Å². The minimum absolute atomic E-state index is 0.124. The zero-order valence-electron chi connectivity index (χ0n) is 19.5. The van der Waals surface area contributed by atoms with Gasteiger partial charge in [0, 0.05) is 49.8 Å². The molecule has 0 spiro atoms. The van der Waals surface area contributed by atoms with Crippen LogP contribution in [0.3, 0.4) is 0 Å². The molecule has 1 atom stereocenters. The number of aryl methyl sites for hydroxylation is 2. The maximum absolute atomic E-state index is 10.9. The van der Waals surface area contributed by atoms with E-state index in [1.807, 2.05) is 44.3 Å². The summed E-state index contributed by atoms with van der Waals surface area (Å²) in [4.78, 5) is 22.7. The SMILES string of the molecule is Cc1ccccc1COc1ccc(-c2ncc3c(n2)CCN(C[C@@H](C)CC(=O)O)C3)cc1C. The van der Waals surface area contributed by atoms with Crippen LogP contribution >= 0.6 is 0 Å². The van der Waals surface area contributed by atoms with E-state index in [1.54, 1.807) is 0 Å². The molecule has 2 heterocycles. The third-order valence-electron chi connectivity index (χ3n) is 6.18. The van der Waals surface area contributed by atoms with Crippen LogP contribution < -0.4 is 4.74 Å². The number of hydrogen-bond acceptors (Lipinski definition) is 5. The summed E-state index contributed by atoms with van der Waals surface area (Å²) in [6.07, 6.45) is 2.97. The zero-order valence-corrected chi connectivity index (χ0v) is 19.5. The lowest BCUT2D eigenvalue weighted by molar-refractivity contribution is -0.138. The lowest BCUT2D eigenvalue weighted by Crippen LogP contribution is -2.35. The standard InChI is InChI=1S/C27H31N3O3/c1-18(12-26(31)32)15-30-11-10-24-23(16-30)14-28-27(29-24)21-8-9-25(20(3)13-21)33-17-22-7-5-4-6-19(22)2/h4-9,13-14,18H,10-12,15-17H2,1-3H3,(H,31,32)/t18-/m0/s1. The molecule has 172 valence electrons. The molecule has 0 aliphatic carbocycles. The number of carboxylic acid groups (broad SMARTS) is 1. The van der Waals surface area contributed by atoms with Crippen molar-refractivity contribution < 1.29 is 14.6 Å². The van der Waals surface area contributed by atoms with Crippen molar-refractivity contribution in [2.24, 2.45) is 5.92 Å². The molecule has 0 saturated carbocycles. The summed E-state index contributed by atoms with van der Waals surface area (Å²) in [6.45, 7) is 9.10. The molecule has 1 aliphatic heterocycles. The Morgan fingerprint density at radius 3 is 2.76 bits per heavy atom. The Morgan fingerprint density at radius 1 is 1.18 bits per heavy atom. The van der Waals surface area contributed by atoms with Crippen LogP contribution in [0.4, 0.5) is 0 Å². The molecule has 33 heavy (non-hydrogen) atoms. The molecule has 0 amide bonds. The number of carboxylic acids is 1. The third-order valence-corrected chi connectivity index (χ3v) is 6.18. The van der Waals surface area contributed by atoms with Gasteiger partial charge in [0.15, 0.2) is 5.82 Å². The maximum Gasteiger partial charge on any atom is 0.303 e. The van der Waals surface area contributed by atoms with Crippen molar-refractivity contribution in [1.29, 1.82) is 0 Å². The molecule has 0 unspecified atom stereocenters. The van der Waals surface area contributed by atoms with Crippen molar-refractivity contribution in [1.82, 2.24) is 14.9 Å². The Morgan fingerprint density at radius 2 is 2.00 bits per heavy atom. The molecule has 3 aromatic rings. The van der Waals surface area contributed by atoms with Gasteiger partial charge < -0.3 is 9.84 Å². The van der Waals surface area contributed by atoms with Gasteiger partial charge >= 0.3 is 5.97 Å². The first-order chi connectivity index (χ1) is 15.9. The molecule has 0 radical (unpaired) electrons. The van der Waals surface area contributed by atoms with Gasteiger partial charge in [-0.2, -0.15) is 0 Å². The van der Waals surface area contributed by atoms with Crippen molar-refractivity contribution >= 4 is 5.97 Å². The predicted molar refractivity (Wildman–Crippen MR) is 128 cm³/mol. The van der Waals surface area contributed by atoms with Gasteiger partial charge in [-0.25, -0.2) is 9.97 Å². The van der Waals surface area contributed by atoms with E-state index in [4.69, 9.17) is 14.8 Å². The van der Waals surface area contributed by atoms with Crippen LogP contribution in [0.15, 0.2) is 48.7 Å². The molecular formula is C27H31N3O3. The zero-order chi connectivity index (χ0) is 23.4. The van der Waals surface area contributed by atoms with E-state index in [0.29, 0.717) is 6.61 Å². The van der Waals surface area contributed by atoms with Gasteiger partial charge in [-0.05, 0) is 54.7 Å². The van der Waals surface area contributed by atoms with Crippen molar-refractivity contribution in [3.8, 4) is 17.1 Å². The Hall–Kier alpha value is -3.25. The lowest BCUT2D eigenvalue weighted by Gasteiger charge is -2.29. The van der Waals surface area contributed by atoms with Gasteiger partial charge in [-0.3, -0.25) is 9.69 Å². The number of rotatable bonds is 8. The molecule has 6 heteroatoms. The van der Waals surface area contributed by atoms with Crippen LogP contribution in [-0.4, -0.2) is 39.0 Å². The summed E-state index contributed by atoms with van der Waals surface area (Å²) in [5.41, 5.74) is 6.66. The molecule has 0 fully saturated rings. The van der Waals surface area contributed by atoms with E-state index in [1.165, 1.54) is 11.1 Å². The van der Waals surface area contributed by atoms with Crippen LogP contribution in [0.1, 0.15) is 41.3 Å². The van der Waals surface area contributed by atoms with Crippen LogP contribution in [-0.2, 0) is 24.4 Å². The normalized spacial score (nSPS) is 14.5. The predicted octanol–water partition coefficient (Wildman–Crippen LogP) is 4.81.